The van der Waals surface area contributed by atoms with Gasteiger partial charge in [0.2, 0.25) is 5.82 Å². The fourth-order valence-electron chi connectivity index (χ4n) is 3.53. The number of aryl methyl sites for hydroxylation is 2. The number of nitrogens with zero attached hydrogens (tertiary/aromatic N) is 5. The fraction of sp³-hybridized carbons (Fsp3) is 0.500. The lowest BCUT2D eigenvalue weighted by Crippen LogP contribution is -2.32. The maximum atomic E-state index is 13.1. The standard InChI is InChI=1S/C18H24FN5O2/c1-3-16-17(24(25)26)18(21(2)20-16)23-10-4-9-22(11-12-23)13-14-5-7-15(19)8-6-14/h5-8H,3-4,9-13H2,1-2H3. The molecule has 1 aliphatic rings. The van der Waals surface area contributed by atoms with Gasteiger partial charge in [0.25, 0.3) is 0 Å². The minimum Gasteiger partial charge on any atom is -0.350 e. The van der Waals surface area contributed by atoms with E-state index >= 15 is 0 Å². The van der Waals surface area contributed by atoms with Crippen molar-refractivity contribution in [2.45, 2.75) is 26.3 Å². The lowest BCUT2D eigenvalue weighted by molar-refractivity contribution is -0.384. The smallest absolute Gasteiger partial charge is 0.334 e. The summed E-state index contributed by atoms with van der Waals surface area (Å²) in [6.45, 7) is 5.78. The van der Waals surface area contributed by atoms with Gasteiger partial charge in [-0.05, 0) is 30.5 Å². The lowest BCUT2D eigenvalue weighted by atomic mass is 10.2. The van der Waals surface area contributed by atoms with Gasteiger partial charge in [-0.25, -0.2) is 9.07 Å². The Balaban J connectivity index is 1.74. The number of hydrogen-bond donors (Lipinski definition) is 0. The highest BCUT2D eigenvalue weighted by atomic mass is 19.1. The van der Waals surface area contributed by atoms with Gasteiger partial charge in [-0.1, -0.05) is 19.1 Å². The summed E-state index contributed by atoms with van der Waals surface area (Å²) in [5.41, 5.74) is 1.72. The molecule has 0 N–H and O–H groups in total. The Morgan fingerprint density at radius 2 is 1.92 bits per heavy atom. The average molecular weight is 361 g/mol. The molecular weight excluding hydrogens is 337 g/mol. The molecule has 0 radical (unpaired) electrons. The maximum absolute atomic E-state index is 13.1. The molecule has 0 aliphatic carbocycles. The van der Waals surface area contributed by atoms with E-state index in [2.05, 4.69) is 14.9 Å². The molecule has 7 nitrogen and oxygen atoms in total. The minimum absolute atomic E-state index is 0.127. The van der Waals surface area contributed by atoms with Gasteiger partial charge in [-0.15, -0.1) is 0 Å². The number of benzene rings is 1. The van der Waals surface area contributed by atoms with Crippen molar-refractivity contribution >= 4 is 11.5 Å². The van der Waals surface area contributed by atoms with Crippen molar-refractivity contribution in [2.24, 2.45) is 7.05 Å². The molecular formula is C18H24FN5O2. The highest BCUT2D eigenvalue weighted by Crippen LogP contribution is 2.32. The highest BCUT2D eigenvalue weighted by Gasteiger charge is 2.30. The van der Waals surface area contributed by atoms with Gasteiger partial charge in [0.1, 0.15) is 11.5 Å². The molecule has 2 aromatic rings. The summed E-state index contributed by atoms with van der Waals surface area (Å²) in [7, 11) is 1.77. The van der Waals surface area contributed by atoms with Gasteiger partial charge < -0.3 is 4.90 Å². The highest BCUT2D eigenvalue weighted by molar-refractivity contribution is 5.61. The van der Waals surface area contributed by atoms with Crippen LogP contribution in [0, 0.1) is 15.9 Å². The quantitative estimate of drug-likeness (QED) is 0.605. The van der Waals surface area contributed by atoms with Crippen molar-refractivity contribution in [3.05, 3.63) is 51.5 Å². The Kier molecular flexibility index (Phi) is 5.51. The van der Waals surface area contributed by atoms with Crippen LogP contribution >= 0.6 is 0 Å². The van der Waals surface area contributed by atoms with E-state index in [-0.39, 0.29) is 16.4 Å². The van der Waals surface area contributed by atoms with Crippen LogP contribution in [0.1, 0.15) is 24.6 Å². The second kappa shape index (κ2) is 7.82. The summed E-state index contributed by atoms with van der Waals surface area (Å²) in [5, 5.41) is 15.9. The molecule has 2 heterocycles. The van der Waals surface area contributed by atoms with E-state index < -0.39 is 0 Å². The molecule has 1 aliphatic heterocycles. The van der Waals surface area contributed by atoms with Crippen LogP contribution in [0.15, 0.2) is 24.3 Å². The van der Waals surface area contributed by atoms with Gasteiger partial charge in [0.15, 0.2) is 0 Å². The van der Waals surface area contributed by atoms with Crippen LogP contribution in [0.25, 0.3) is 0 Å². The summed E-state index contributed by atoms with van der Waals surface area (Å²) < 4.78 is 14.7. The van der Waals surface area contributed by atoms with Crippen LogP contribution < -0.4 is 4.90 Å². The molecule has 0 atom stereocenters. The van der Waals surface area contributed by atoms with E-state index in [1.54, 1.807) is 23.9 Å². The van der Waals surface area contributed by atoms with Gasteiger partial charge >= 0.3 is 5.69 Å². The zero-order chi connectivity index (χ0) is 18.7. The molecule has 1 aromatic carbocycles. The molecule has 26 heavy (non-hydrogen) atoms. The average Bonchev–Trinajstić information content (AvgIpc) is 2.79. The first-order valence-electron chi connectivity index (χ1n) is 8.91. The SMILES string of the molecule is CCc1nn(C)c(N2CCCN(Cc3ccc(F)cc3)CC2)c1[N+](=O)[O-]. The number of aromatic nitrogens is 2. The summed E-state index contributed by atoms with van der Waals surface area (Å²) in [4.78, 5) is 15.6. The number of halogens is 1. The lowest BCUT2D eigenvalue weighted by Gasteiger charge is -2.23. The molecule has 3 rings (SSSR count). The topological polar surface area (TPSA) is 67.4 Å². The van der Waals surface area contributed by atoms with Crippen molar-refractivity contribution < 1.29 is 9.31 Å². The van der Waals surface area contributed by atoms with Gasteiger partial charge in [0.05, 0.1) is 4.92 Å². The molecule has 0 bridgehead atoms. The van der Waals surface area contributed by atoms with E-state index in [1.807, 2.05) is 6.92 Å². The molecule has 1 aromatic heterocycles. The maximum Gasteiger partial charge on any atom is 0.334 e. The normalized spacial score (nSPS) is 15.9. The van der Waals surface area contributed by atoms with Crippen molar-refractivity contribution in [3.8, 4) is 0 Å². The summed E-state index contributed by atoms with van der Waals surface area (Å²) in [6.07, 6.45) is 1.44. The van der Waals surface area contributed by atoms with Gasteiger partial charge in [-0.3, -0.25) is 15.0 Å². The van der Waals surface area contributed by atoms with E-state index in [9.17, 15) is 14.5 Å². The Morgan fingerprint density at radius 3 is 2.58 bits per heavy atom. The molecule has 0 saturated carbocycles. The second-order valence-corrected chi connectivity index (χ2v) is 6.60. The molecule has 0 amide bonds. The van der Waals surface area contributed by atoms with Crippen LogP contribution in [0.4, 0.5) is 15.9 Å². The number of hydrogen-bond acceptors (Lipinski definition) is 5. The largest absolute Gasteiger partial charge is 0.350 e. The molecule has 140 valence electrons. The predicted molar refractivity (Wildman–Crippen MR) is 97.7 cm³/mol. The van der Waals surface area contributed by atoms with Crippen LogP contribution in [0.3, 0.4) is 0 Å². The van der Waals surface area contributed by atoms with Crippen molar-refractivity contribution in [2.75, 3.05) is 31.1 Å². The number of anilines is 1. The van der Waals surface area contributed by atoms with Crippen molar-refractivity contribution in [3.63, 3.8) is 0 Å². The van der Waals surface area contributed by atoms with Crippen LogP contribution in [-0.4, -0.2) is 45.8 Å². The first kappa shape index (κ1) is 18.3. The minimum atomic E-state index is -0.317. The van der Waals surface area contributed by atoms with Crippen molar-refractivity contribution in [1.29, 1.82) is 0 Å². The Labute approximate surface area is 152 Å². The number of rotatable bonds is 5. The van der Waals surface area contributed by atoms with Crippen molar-refractivity contribution in [1.82, 2.24) is 14.7 Å². The molecule has 1 fully saturated rings. The molecule has 1 saturated heterocycles. The van der Waals surface area contributed by atoms with E-state index in [1.165, 1.54) is 12.1 Å². The molecule has 0 unspecified atom stereocenters. The number of nitro groups is 1. The fourth-order valence-corrected chi connectivity index (χ4v) is 3.53. The third-order valence-corrected chi connectivity index (χ3v) is 4.79. The predicted octanol–water partition coefficient (Wildman–Crippen LogP) is 2.74. The molecule has 0 spiro atoms. The zero-order valence-corrected chi connectivity index (χ0v) is 15.2. The van der Waals surface area contributed by atoms with E-state index in [4.69, 9.17) is 0 Å². The van der Waals surface area contributed by atoms with Gasteiger partial charge in [-0.2, -0.15) is 5.10 Å². The Hall–Kier alpha value is -2.48. The Bertz CT molecular complexity index is 775. The summed E-state index contributed by atoms with van der Waals surface area (Å²) in [6, 6.07) is 6.56. The third kappa shape index (κ3) is 3.85. The Morgan fingerprint density at radius 1 is 1.19 bits per heavy atom. The van der Waals surface area contributed by atoms with Crippen LogP contribution in [0.2, 0.25) is 0 Å². The summed E-state index contributed by atoms with van der Waals surface area (Å²) in [5.74, 6) is 0.363. The van der Waals surface area contributed by atoms with Gasteiger partial charge in [0, 0.05) is 39.8 Å². The summed E-state index contributed by atoms with van der Waals surface area (Å²) >= 11 is 0. The second-order valence-electron chi connectivity index (χ2n) is 6.60. The van der Waals surface area contributed by atoms with E-state index in [0.29, 0.717) is 24.5 Å². The molecule has 8 heteroatoms. The first-order chi connectivity index (χ1) is 12.5. The monoisotopic (exact) mass is 361 g/mol. The first-order valence-corrected chi connectivity index (χ1v) is 8.91. The zero-order valence-electron chi connectivity index (χ0n) is 15.2. The third-order valence-electron chi connectivity index (χ3n) is 4.79. The van der Waals surface area contributed by atoms with Crippen LogP contribution in [0.5, 0.6) is 0 Å². The van der Waals surface area contributed by atoms with Crippen LogP contribution in [-0.2, 0) is 20.0 Å². The van der Waals surface area contributed by atoms with E-state index in [0.717, 1.165) is 38.2 Å².